The molecule has 1 aliphatic rings. The van der Waals surface area contributed by atoms with Crippen LogP contribution in [0.15, 0.2) is 0 Å². The molecule has 0 unspecified atom stereocenters. The number of carbonyl (C=O) groups is 1. The van der Waals surface area contributed by atoms with Crippen LogP contribution in [0.25, 0.3) is 0 Å². The Hall–Kier alpha value is 0.01000. The summed E-state index contributed by atoms with van der Waals surface area (Å²) in [6.07, 6.45) is 2.34. The smallest absolute Gasteiger partial charge is 0.316 e. The molecule has 14 heavy (non-hydrogen) atoms. The first kappa shape index (κ1) is 14.0. The number of hydrogen-bond acceptors (Lipinski definition) is 2. The van der Waals surface area contributed by atoms with Crippen molar-refractivity contribution in [3.05, 3.63) is 0 Å². The minimum atomic E-state index is -0.348. The molecular formula is C9H18Cl2N2O. The van der Waals surface area contributed by atoms with E-state index in [0.717, 1.165) is 19.6 Å². The van der Waals surface area contributed by atoms with Gasteiger partial charge in [-0.15, -0.1) is 12.4 Å². The van der Waals surface area contributed by atoms with Crippen LogP contribution in [0.1, 0.15) is 12.8 Å². The van der Waals surface area contributed by atoms with Gasteiger partial charge in [0.15, 0.2) is 0 Å². The van der Waals surface area contributed by atoms with Gasteiger partial charge in [0, 0.05) is 13.6 Å². The Kier molecular flexibility index (Phi) is 6.49. The van der Waals surface area contributed by atoms with Gasteiger partial charge in [-0.1, -0.05) is 0 Å². The van der Waals surface area contributed by atoms with Crippen molar-refractivity contribution in [2.75, 3.05) is 33.7 Å². The summed E-state index contributed by atoms with van der Waals surface area (Å²) in [5.41, 5.74) is 0. The van der Waals surface area contributed by atoms with E-state index in [4.69, 9.17) is 11.6 Å². The van der Waals surface area contributed by atoms with E-state index >= 15 is 0 Å². The summed E-state index contributed by atoms with van der Waals surface area (Å²) in [6.45, 7) is 3.07. The van der Waals surface area contributed by atoms with Crippen molar-refractivity contribution in [3.8, 4) is 0 Å². The molecule has 1 saturated heterocycles. The van der Waals surface area contributed by atoms with Crippen LogP contribution in [0.4, 0.5) is 4.79 Å². The van der Waals surface area contributed by atoms with Gasteiger partial charge in [0.05, 0.1) is 0 Å². The second-order valence-corrected chi connectivity index (χ2v) is 4.20. The third-order valence-corrected chi connectivity index (χ3v) is 2.96. The van der Waals surface area contributed by atoms with Crippen molar-refractivity contribution in [1.82, 2.24) is 9.80 Å². The molecule has 1 amide bonds. The van der Waals surface area contributed by atoms with Gasteiger partial charge in [-0.3, -0.25) is 4.79 Å². The van der Waals surface area contributed by atoms with Crippen LogP contribution in [0.3, 0.4) is 0 Å². The Morgan fingerprint density at radius 2 is 2.00 bits per heavy atom. The Morgan fingerprint density at radius 3 is 2.43 bits per heavy atom. The van der Waals surface area contributed by atoms with Gasteiger partial charge in [-0.05, 0) is 50.5 Å². The largest absolute Gasteiger partial charge is 0.332 e. The number of hydrogen-bond donors (Lipinski definition) is 0. The lowest BCUT2D eigenvalue weighted by molar-refractivity contribution is 0.182. The number of carbonyl (C=O) groups excluding carboxylic acids is 1. The Labute approximate surface area is 96.8 Å². The first-order chi connectivity index (χ1) is 6.09. The molecule has 5 heteroatoms. The number of halogens is 2. The Morgan fingerprint density at radius 1 is 1.50 bits per heavy atom. The van der Waals surface area contributed by atoms with Crippen molar-refractivity contribution in [1.29, 1.82) is 0 Å². The molecule has 1 rings (SSSR count). The van der Waals surface area contributed by atoms with E-state index in [0.29, 0.717) is 5.92 Å². The molecule has 0 aromatic rings. The van der Waals surface area contributed by atoms with Gasteiger partial charge in [-0.25, -0.2) is 0 Å². The first-order valence-electron chi connectivity index (χ1n) is 4.68. The van der Waals surface area contributed by atoms with Gasteiger partial charge < -0.3 is 9.80 Å². The van der Waals surface area contributed by atoms with E-state index < -0.39 is 0 Å². The molecule has 0 bridgehead atoms. The van der Waals surface area contributed by atoms with E-state index in [9.17, 15) is 4.79 Å². The lowest BCUT2D eigenvalue weighted by atomic mass is 9.97. The van der Waals surface area contributed by atoms with E-state index in [1.807, 2.05) is 0 Å². The highest BCUT2D eigenvalue weighted by molar-refractivity contribution is 6.62. The summed E-state index contributed by atoms with van der Waals surface area (Å²) in [7, 11) is 3.89. The molecule has 0 radical (unpaired) electrons. The lowest BCUT2D eigenvalue weighted by Crippen LogP contribution is -2.36. The average molecular weight is 241 g/mol. The standard InChI is InChI=1S/C9H17ClN2O.ClH/c1-11-5-3-8(4-6-11)7-12(2)9(10)13;/h8H,3-7H2,1-2H3;1H. The van der Waals surface area contributed by atoms with Crippen molar-refractivity contribution in [2.24, 2.45) is 5.92 Å². The normalized spacial score (nSPS) is 18.8. The lowest BCUT2D eigenvalue weighted by Gasteiger charge is -2.30. The van der Waals surface area contributed by atoms with Crippen LogP contribution in [0.5, 0.6) is 0 Å². The van der Waals surface area contributed by atoms with Gasteiger partial charge in [0.25, 0.3) is 0 Å². The maximum atomic E-state index is 10.8. The van der Waals surface area contributed by atoms with Gasteiger partial charge in [0.2, 0.25) is 0 Å². The first-order valence-corrected chi connectivity index (χ1v) is 5.06. The van der Waals surface area contributed by atoms with Crippen molar-refractivity contribution < 1.29 is 4.79 Å². The quantitative estimate of drug-likeness (QED) is 0.545. The van der Waals surface area contributed by atoms with Gasteiger partial charge >= 0.3 is 5.37 Å². The fourth-order valence-corrected chi connectivity index (χ4v) is 1.77. The van der Waals surface area contributed by atoms with Crippen molar-refractivity contribution in [3.63, 3.8) is 0 Å². The number of nitrogens with zero attached hydrogens (tertiary/aromatic N) is 2. The molecule has 0 aromatic heterocycles. The molecule has 0 N–H and O–H groups in total. The number of amides is 1. The summed E-state index contributed by atoms with van der Waals surface area (Å²) in [4.78, 5) is 14.7. The highest BCUT2D eigenvalue weighted by Crippen LogP contribution is 2.17. The van der Waals surface area contributed by atoms with E-state index in [-0.39, 0.29) is 17.8 Å². The van der Waals surface area contributed by atoms with Crippen LogP contribution in [-0.2, 0) is 0 Å². The topological polar surface area (TPSA) is 23.6 Å². The molecule has 0 atom stereocenters. The molecule has 84 valence electrons. The van der Waals surface area contributed by atoms with Crippen molar-refractivity contribution >= 4 is 29.4 Å². The molecule has 3 nitrogen and oxygen atoms in total. The summed E-state index contributed by atoms with van der Waals surface area (Å²) in [5.74, 6) is 0.629. The van der Waals surface area contributed by atoms with Crippen LogP contribution in [0, 0.1) is 5.92 Å². The summed E-state index contributed by atoms with van der Waals surface area (Å²) in [5, 5.41) is -0.348. The predicted octanol–water partition coefficient (Wildman–Crippen LogP) is 2.04. The fraction of sp³-hybridized carbons (Fsp3) is 0.889. The third-order valence-electron chi connectivity index (χ3n) is 2.67. The predicted molar refractivity (Wildman–Crippen MR) is 61.3 cm³/mol. The van der Waals surface area contributed by atoms with Gasteiger partial charge in [-0.2, -0.15) is 0 Å². The fourth-order valence-electron chi connectivity index (χ4n) is 1.70. The van der Waals surface area contributed by atoms with E-state index in [1.54, 1.807) is 11.9 Å². The van der Waals surface area contributed by atoms with Gasteiger partial charge in [0.1, 0.15) is 0 Å². The third kappa shape index (κ3) is 4.49. The summed E-state index contributed by atoms with van der Waals surface area (Å²) >= 11 is 5.35. The van der Waals surface area contributed by atoms with Crippen LogP contribution in [0.2, 0.25) is 0 Å². The summed E-state index contributed by atoms with van der Waals surface area (Å²) < 4.78 is 0. The molecule has 0 spiro atoms. The molecule has 0 aromatic carbocycles. The molecule has 1 aliphatic heterocycles. The number of rotatable bonds is 2. The second kappa shape index (κ2) is 6.49. The SMILES string of the molecule is CN1CCC(CN(C)C(=O)Cl)CC1.Cl. The second-order valence-electron chi connectivity index (χ2n) is 3.88. The van der Waals surface area contributed by atoms with E-state index in [2.05, 4.69) is 11.9 Å². The zero-order chi connectivity index (χ0) is 9.84. The summed E-state index contributed by atoms with van der Waals surface area (Å²) in [6, 6.07) is 0. The maximum absolute atomic E-state index is 10.8. The molecular weight excluding hydrogens is 223 g/mol. The molecule has 1 heterocycles. The Balaban J connectivity index is 0.00000169. The number of piperidine rings is 1. The highest BCUT2D eigenvalue weighted by Gasteiger charge is 2.19. The van der Waals surface area contributed by atoms with Crippen LogP contribution < -0.4 is 0 Å². The Bertz CT molecular complexity index is 182. The molecule has 1 fully saturated rings. The number of likely N-dealkylation sites (tertiary alicyclic amines) is 1. The average Bonchev–Trinajstić information content (AvgIpc) is 2.08. The maximum Gasteiger partial charge on any atom is 0.316 e. The minimum Gasteiger partial charge on any atom is -0.332 e. The van der Waals surface area contributed by atoms with Crippen LogP contribution in [-0.4, -0.2) is 48.9 Å². The van der Waals surface area contributed by atoms with E-state index in [1.165, 1.54) is 12.8 Å². The van der Waals surface area contributed by atoms with Crippen LogP contribution >= 0.6 is 24.0 Å². The highest BCUT2D eigenvalue weighted by atomic mass is 35.5. The zero-order valence-electron chi connectivity index (χ0n) is 8.70. The minimum absolute atomic E-state index is 0. The molecule has 0 aliphatic carbocycles. The van der Waals surface area contributed by atoms with Crippen molar-refractivity contribution in [2.45, 2.75) is 12.8 Å². The zero-order valence-corrected chi connectivity index (χ0v) is 10.3. The monoisotopic (exact) mass is 240 g/mol. The molecule has 0 saturated carbocycles.